The molecule has 3 saturated heterocycles. The summed E-state index contributed by atoms with van der Waals surface area (Å²) in [6, 6.07) is 19.3. The van der Waals surface area contributed by atoms with Gasteiger partial charge < -0.3 is 25.2 Å². The molecule has 0 aromatic heterocycles. The molecule has 0 radical (unpaired) electrons. The molecule has 1 aliphatic carbocycles. The Labute approximate surface area is 317 Å². The fourth-order valence-electron chi connectivity index (χ4n) is 9.57. The van der Waals surface area contributed by atoms with E-state index in [1.165, 1.54) is 44.5 Å². The molecule has 3 aromatic carbocycles. The Bertz CT molecular complexity index is 1910. The molecule has 54 heavy (non-hydrogen) atoms. The normalized spacial score (nSPS) is 23.1. The molecule has 13 heteroatoms. The summed E-state index contributed by atoms with van der Waals surface area (Å²) in [7, 11) is -0.894. The van der Waals surface area contributed by atoms with Crippen molar-refractivity contribution < 1.29 is 31.5 Å². The van der Waals surface area contributed by atoms with Crippen molar-refractivity contribution in [3.8, 4) is 0 Å². The summed E-state index contributed by atoms with van der Waals surface area (Å²) in [5.74, 6) is -0.222. The Kier molecular flexibility index (Phi) is 11.0. The number of piperidine rings is 1. The van der Waals surface area contributed by atoms with Crippen LogP contribution < -0.4 is 15.5 Å². The lowest BCUT2D eigenvalue weighted by Crippen LogP contribution is -2.65. The molecule has 3 heterocycles. The van der Waals surface area contributed by atoms with Gasteiger partial charge in [0, 0.05) is 42.8 Å². The van der Waals surface area contributed by atoms with Gasteiger partial charge in [-0.25, -0.2) is 22.0 Å². The summed E-state index contributed by atoms with van der Waals surface area (Å²) >= 11 is 0. The molecule has 10 nitrogen and oxygen atoms in total. The zero-order valence-electron chi connectivity index (χ0n) is 31.1. The highest BCUT2D eigenvalue weighted by Crippen LogP contribution is 2.51. The lowest BCUT2D eigenvalue weighted by Gasteiger charge is -2.54. The van der Waals surface area contributed by atoms with Gasteiger partial charge in [-0.05, 0) is 136 Å². The number of ether oxygens (including phenoxy) is 1. The van der Waals surface area contributed by atoms with Crippen LogP contribution in [0.2, 0.25) is 0 Å². The van der Waals surface area contributed by atoms with Gasteiger partial charge >= 0.3 is 6.09 Å². The molecule has 290 valence electrons. The minimum absolute atomic E-state index is 0.0777. The van der Waals surface area contributed by atoms with Crippen LogP contribution in [0, 0.1) is 17.7 Å². The van der Waals surface area contributed by atoms with Crippen molar-refractivity contribution in [2.45, 2.75) is 65.4 Å². The van der Waals surface area contributed by atoms with Crippen LogP contribution in [0.5, 0.6) is 0 Å². The van der Waals surface area contributed by atoms with Crippen molar-refractivity contribution in [2.24, 2.45) is 11.8 Å². The summed E-state index contributed by atoms with van der Waals surface area (Å²) in [6.45, 7) is 5.01. The number of carbonyl (C=O) groups excluding carboxylic acids is 2. The molecule has 2 amide bonds. The summed E-state index contributed by atoms with van der Waals surface area (Å²) in [6.07, 6.45) is 5.15. The van der Waals surface area contributed by atoms with E-state index in [0.717, 1.165) is 82.5 Å². The second-order valence-electron chi connectivity index (χ2n) is 15.6. The van der Waals surface area contributed by atoms with Gasteiger partial charge in [0.05, 0.1) is 30.0 Å². The minimum Gasteiger partial charge on any atom is -0.453 e. The maximum Gasteiger partial charge on any atom is 0.407 e. The molecule has 0 bridgehead atoms. The Morgan fingerprint density at radius 1 is 0.889 bits per heavy atom. The highest BCUT2D eigenvalue weighted by Gasteiger charge is 2.54. The SMILES string of the molecule is CNC(=O)c1ccc(S(=O)(=O)c2ccc(N3CC(F)(CN4CCC([C@@](CN5CCC5)(c5cccc(F)c5)[C@H]5CCC[C@@H]5NC(=O)OC)CC4)C3)cc2)cc1. The average Bonchev–Trinajstić information content (AvgIpc) is 3.62. The van der Waals surface area contributed by atoms with Crippen LogP contribution in [-0.2, 0) is 20.0 Å². The minimum atomic E-state index is -3.79. The zero-order valence-corrected chi connectivity index (χ0v) is 31.9. The Morgan fingerprint density at radius 3 is 2.15 bits per heavy atom. The fourth-order valence-corrected chi connectivity index (χ4v) is 10.8. The van der Waals surface area contributed by atoms with Crippen LogP contribution in [0.4, 0.5) is 19.3 Å². The molecule has 7 rings (SSSR count). The lowest BCUT2D eigenvalue weighted by molar-refractivity contribution is 0.00584. The molecular weight excluding hydrogens is 713 g/mol. The van der Waals surface area contributed by atoms with Gasteiger partial charge in [0.2, 0.25) is 9.84 Å². The van der Waals surface area contributed by atoms with E-state index in [0.29, 0.717) is 12.1 Å². The van der Waals surface area contributed by atoms with Gasteiger partial charge in [-0.1, -0.05) is 18.6 Å². The number of methoxy groups -OCH3 is 1. The maximum absolute atomic E-state index is 16.2. The number of hydrogen-bond acceptors (Lipinski definition) is 8. The second kappa shape index (κ2) is 15.6. The maximum atomic E-state index is 16.2. The van der Waals surface area contributed by atoms with Gasteiger partial charge in [-0.15, -0.1) is 0 Å². The number of nitrogens with zero attached hydrogens (tertiary/aromatic N) is 3. The van der Waals surface area contributed by atoms with Crippen LogP contribution in [0.15, 0.2) is 82.6 Å². The van der Waals surface area contributed by atoms with Crippen LogP contribution in [0.25, 0.3) is 0 Å². The molecule has 4 aliphatic rings. The van der Waals surface area contributed by atoms with Crippen molar-refractivity contribution in [3.63, 3.8) is 0 Å². The van der Waals surface area contributed by atoms with Gasteiger partial charge in [0.25, 0.3) is 5.91 Å². The summed E-state index contributed by atoms with van der Waals surface area (Å²) in [5.41, 5.74) is 0.336. The van der Waals surface area contributed by atoms with E-state index >= 15 is 4.39 Å². The van der Waals surface area contributed by atoms with Gasteiger partial charge in [-0.3, -0.25) is 9.69 Å². The zero-order chi connectivity index (χ0) is 38.1. The molecule has 0 spiro atoms. The Morgan fingerprint density at radius 2 is 1.56 bits per heavy atom. The first-order valence-corrected chi connectivity index (χ1v) is 20.6. The molecule has 1 saturated carbocycles. The third kappa shape index (κ3) is 7.59. The van der Waals surface area contributed by atoms with E-state index in [9.17, 15) is 22.4 Å². The smallest absolute Gasteiger partial charge is 0.407 e. The highest BCUT2D eigenvalue weighted by atomic mass is 32.2. The molecule has 4 fully saturated rings. The number of anilines is 1. The fraction of sp³-hybridized carbons (Fsp3) is 0.512. The molecule has 3 aromatic rings. The van der Waals surface area contributed by atoms with E-state index in [1.54, 1.807) is 36.4 Å². The van der Waals surface area contributed by atoms with Crippen molar-refractivity contribution in [1.29, 1.82) is 0 Å². The van der Waals surface area contributed by atoms with Gasteiger partial charge in [0.15, 0.2) is 5.67 Å². The van der Waals surface area contributed by atoms with Crippen molar-refractivity contribution in [2.75, 3.05) is 71.4 Å². The van der Waals surface area contributed by atoms with Crippen molar-refractivity contribution in [1.82, 2.24) is 20.4 Å². The van der Waals surface area contributed by atoms with Crippen LogP contribution in [0.3, 0.4) is 0 Å². The third-order valence-corrected chi connectivity index (χ3v) is 14.2. The molecule has 0 unspecified atom stereocenters. The first kappa shape index (κ1) is 38.2. The number of sulfone groups is 1. The Balaban J connectivity index is 1.01. The topological polar surface area (TPSA) is 111 Å². The summed E-state index contributed by atoms with van der Waals surface area (Å²) in [5, 5.41) is 5.65. The summed E-state index contributed by atoms with van der Waals surface area (Å²) in [4.78, 5) is 31.2. The van der Waals surface area contributed by atoms with E-state index in [2.05, 4.69) is 26.5 Å². The molecule has 3 aliphatic heterocycles. The largest absolute Gasteiger partial charge is 0.453 e. The highest BCUT2D eigenvalue weighted by molar-refractivity contribution is 7.91. The van der Waals surface area contributed by atoms with Crippen molar-refractivity contribution >= 4 is 27.5 Å². The standard InChI is InChI=1S/C41H51F2N5O5S/c1-44-38(49)29-10-14-34(15-11-29)54(51,52)35-16-12-33(13-17-35)48-26-40(43,27-48)25-47-22-18-30(19-23-47)41(28-46-20-5-21-46,31-6-3-7-32(42)24-31)36-8-4-9-37(36)45-39(50)53-2/h3,6-7,10-17,24,30,36-37H,4-5,8-9,18-23,25-28H2,1-2H3,(H,44,49)(H,45,50)/t36-,37-,41-/m0/s1. The number of likely N-dealkylation sites (tertiary alicyclic amines) is 2. The number of alkyl halides is 1. The quantitative estimate of drug-likeness (QED) is 0.252. The first-order valence-electron chi connectivity index (χ1n) is 19.1. The monoisotopic (exact) mass is 763 g/mol. The average molecular weight is 764 g/mol. The van der Waals surface area contributed by atoms with Gasteiger partial charge in [0.1, 0.15) is 5.82 Å². The van der Waals surface area contributed by atoms with Crippen LogP contribution in [0.1, 0.15) is 54.4 Å². The van der Waals surface area contributed by atoms with E-state index in [-0.39, 0.29) is 57.9 Å². The molecular formula is C41H51F2N5O5S. The summed E-state index contributed by atoms with van der Waals surface area (Å²) < 4.78 is 62.7. The Hall–Kier alpha value is -4.07. The number of benzene rings is 3. The van der Waals surface area contributed by atoms with Crippen LogP contribution >= 0.6 is 0 Å². The van der Waals surface area contributed by atoms with E-state index < -0.39 is 21.6 Å². The second-order valence-corrected chi connectivity index (χ2v) is 17.6. The number of nitrogens with one attached hydrogen (secondary N) is 2. The number of rotatable bonds is 12. The molecule has 2 N–H and O–H groups in total. The number of halogens is 2. The first-order chi connectivity index (χ1) is 25.9. The van der Waals surface area contributed by atoms with Crippen molar-refractivity contribution in [3.05, 3.63) is 89.7 Å². The third-order valence-electron chi connectivity index (χ3n) is 12.4. The predicted molar refractivity (Wildman–Crippen MR) is 203 cm³/mol. The van der Waals surface area contributed by atoms with Crippen LogP contribution in [-0.4, -0.2) is 108 Å². The predicted octanol–water partition coefficient (Wildman–Crippen LogP) is 5.43. The number of alkyl carbamates (subject to hydrolysis) is 1. The number of amides is 2. The van der Waals surface area contributed by atoms with E-state index in [1.807, 2.05) is 4.90 Å². The van der Waals surface area contributed by atoms with E-state index in [4.69, 9.17) is 4.74 Å². The van der Waals surface area contributed by atoms with Gasteiger partial charge in [-0.2, -0.15) is 0 Å². The number of hydrogen-bond donors (Lipinski definition) is 2. The number of carbonyl (C=O) groups is 2. The molecule has 3 atom stereocenters. The lowest BCUT2D eigenvalue weighted by atomic mass is 9.57.